The minimum absolute atomic E-state index is 0.187. The van der Waals surface area contributed by atoms with Crippen LogP contribution in [0.3, 0.4) is 0 Å². The molecule has 96 valence electrons. The van der Waals surface area contributed by atoms with E-state index in [1.54, 1.807) is 11.4 Å². The highest BCUT2D eigenvalue weighted by molar-refractivity contribution is 7.89. The molecule has 1 rings (SSSR count). The Labute approximate surface area is 99.2 Å². The van der Waals surface area contributed by atoms with Crippen molar-refractivity contribution in [2.45, 2.75) is 45.1 Å². The van der Waals surface area contributed by atoms with Crippen molar-refractivity contribution >= 4 is 10.0 Å². The van der Waals surface area contributed by atoms with Crippen molar-refractivity contribution in [1.82, 2.24) is 4.31 Å². The Morgan fingerprint density at radius 1 is 1.25 bits per heavy atom. The molecule has 0 saturated heterocycles. The van der Waals surface area contributed by atoms with Crippen molar-refractivity contribution in [2.75, 3.05) is 19.3 Å². The van der Waals surface area contributed by atoms with Crippen LogP contribution in [-0.4, -0.2) is 38.1 Å². The molecule has 0 radical (unpaired) electrons. The van der Waals surface area contributed by atoms with E-state index in [0.717, 1.165) is 31.6 Å². The van der Waals surface area contributed by atoms with E-state index in [1.165, 1.54) is 0 Å². The lowest BCUT2D eigenvalue weighted by Gasteiger charge is -2.32. The third-order valence-corrected chi connectivity index (χ3v) is 5.53. The minimum atomic E-state index is -3.09. The molecule has 1 fully saturated rings. The van der Waals surface area contributed by atoms with Gasteiger partial charge in [-0.1, -0.05) is 6.92 Å². The van der Waals surface area contributed by atoms with Crippen molar-refractivity contribution in [1.29, 1.82) is 0 Å². The molecule has 0 spiro atoms. The lowest BCUT2D eigenvalue weighted by Crippen LogP contribution is -2.40. The van der Waals surface area contributed by atoms with E-state index < -0.39 is 10.0 Å². The molecule has 5 heteroatoms. The molecule has 0 amide bonds. The average Bonchev–Trinajstić information content (AvgIpc) is 2.26. The number of rotatable bonds is 5. The second kappa shape index (κ2) is 5.98. The van der Waals surface area contributed by atoms with Crippen molar-refractivity contribution in [3.05, 3.63) is 0 Å². The van der Waals surface area contributed by atoms with Gasteiger partial charge < -0.3 is 5.73 Å². The van der Waals surface area contributed by atoms with Gasteiger partial charge >= 0.3 is 0 Å². The summed E-state index contributed by atoms with van der Waals surface area (Å²) in [6.45, 7) is 2.67. The molecule has 1 aliphatic rings. The molecule has 0 unspecified atom stereocenters. The Bertz CT molecular complexity index is 295. The van der Waals surface area contributed by atoms with Crippen molar-refractivity contribution < 1.29 is 8.42 Å². The van der Waals surface area contributed by atoms with Crippen LogP contribution in [-0.2, 0) is 10.0 Å². The molecule has 0 bridgehead atoms. The van der Waals surface area contributed by atoms with Gasteiger partial charge in [-0.05, 0) is 44.6 Å². The molecule has 1 aliphatic carbocycles. The van der Waals surface area contributed by atoms with E-state index in [0.29, 0.717) is 13.0 Å². The maximum absolute atomic E-state index is 11.9. The van der Waals surface area contributed by atoms with Gasteiger partial charge in [-0.2, -0.15) is 0 Å². The van der Waals surface area contributed by atoms with Crippen molar-refractivity contribution in [2.24, 2.45) is 11.7 Å². The Hall–Kier alpha value is -0.130. The zero-order valence-corrected chi connectivity index (χ0v) is 11.2. The Kier molecular flexibility index (Phi) is 5.21. The number of nitrogens with zero attached hydrogens (tertiary/aromatic N) is 1. The second-order valence-electron chi connectivity index (χ2n) is 4.89. The van der Waals surface area contributed by atoms with Crippen molar-refractivity contribution in [3.8, 4) is 0 Å². The van der Waals surface area contributed by atoms with Gasteiger partial charge in [0.2, 0.25) is 10.0 Å². The lowest BCUT2D eigenvalue weighted by atomic mass is 9.87. The third kappa shape index (κ3) is 3.71. The van der Waals surface area contributed by atoms with E-state index in [9.17, 15) is 8.42 Å². The molecule has 0 aromatic carbocycles. The van der Waals surface area contributed by atoms with Crippen LogP contribution in [0.1, 0.15) is 39.0 Å². The third-order valence-electron chi connectivity index (χ3n) is 3.54. The fourth-order valence-corrected chi connectivity index (χ4v) is 3.73. The molecular formula is C11H24N2O2S. The maximum Gasteiger partial charge on any atom is 0.214 e. The molecule has 0 aromatic rings. The van der Waals surface area contributed by atoms with E-state index in [-0.39, 0.29) is 11.8 Å². The number of nitrogens with two attached hydrogens (primary N) is 1. The van der Waals surface area contributed by atoms with E-state index in [4.69, 9.17) is 5.73 Å². The van der Waals surface area contributed by atoms with Gasteiger partial charge in [0.1, 0.15) is 0 Å². The highest BCUT2D eigenvalue weighted by Gasteiger charge is 2.28. The zero-order valence-electron chi connectivity index (χ0n) is 10.4. The van der Waals surface area contributed by atoms with Crippen LogP contribution in [0.4, 0.5) is 0 Å². The SMILES string of the molecule is CC1CCC(N(C)S(=O)(=O)CCCN)CC1. The van der Waals surface area contributed by atoms with Crippen LogP contribution in [0.5, 0.6) is 0 Å². The van der Waals surface area contributed by atoms with Crippen LogP contribution in [0.2, 0.25) is 0 Å². The van der Waals surface area contributed by atoms with Gasteiger partial charge in [0.05, 0.1) is 5.75 Å². The summed E-state index contributed by atoms with van der Waals surface area (Å²) in [4.78, 5) is 0. The highest BCUT2D eigenvalue weighted by atomic mass is 32.2. The summed E-state index contributed by atoms with van der Waals surface area (Å²) in [5.41, 5.74) is 5.35. The number of hydrogen-bond acceptors (Lipinski definition) is 3. The van der Waals surface area contributed by atoms with Gasteiger partial charge in [-0.15, -0.1) is 0 Å². The van der Waals surface area contributed by atoms with Gasteiger partial charge in [0.25, 0.3) is 0 Å². The first kappa shape index (κ1) is 13.9. The first-order valence-corrected chi connectivity index (χ1v) is 7.74. The topological polar surface area (TPSA) is 63.4 Å². The summed E-state index contributed by atoms with van der Waals surface area (Å²) in [5.74, 6) is 0.933. The summed E-state index contributed by atoms with van der Waals surface area (Å²) in [7, 11) is -1.37. The Morgan fingerprint density at radius 3 is 2.31 bits per heavy atom. The lowest BCUT2D eigenvalue weighted by molar-refractivity contribution is 0.246. The molecular weight excluding hydrogens is 224 g/mol. The van der Waals surface area contributed by atoms with E-state index >= 15 is 0 Å². The molecule has 16 heavy (non-hydrogen) atoms. The largest absolute Gasteiger partial charge is 0.330 e. The normalized spacial score (nSPS) is 27.2. The van der Waals surface area contributed by atoms with Gasteiger partial charge in [-0.25, -0.2) is 12.7 Å². The first-order chi connectivity index (χ1) is 7.47. The van der Waals surface area contributed by atoms with Gasteiger partial charge in [0, 0.05) is 13.1 Å². The fraction of sp³-hybridized carbons (Fsp3) is 1.00. The summed E-state index contributed by atoms with van der Waals surface area (Å²) in [6.07, 6.45) is 4.83. The van der Waals surface area contributed by atoms with E-state index in [2.05, 4.69) is 6.92 Å². The van der Waals surface area contributed by atoms with Gasteiger partial charge in [0.15, 0.2) is 0 Å². The number of hydrogen-bond donors (Lipinski definition) is 1. The minimum Gasteiger partial charge on any atom is -0.330 e. The average molecular weight is 248 g/mol. The molecule has 0 aliphatic heterocycles. The summed E-state index contributed by atoms with van der Waals surface area (Å²) >= 11 is 0. The Balaban J connectivity index is 2.52. The number of sulfonamides is 1. The maximum atomic E-state index is 11.9. The summed E-state index contributed by atoms with van der Waals surface area (Å²) < 4.78 is 25.5. The predicted molar refractivity (Wildman–Crippen MR) is 66.6 cm³/mol. The summed E-state index contributed by atoms with van der Waals surface area (Å²) in [5, 5.41) is 0. The monoisotopic (exact) mass is 248 g/mol. The Morgan fingerprint density at radius 2 is 1.81 bits per heavy atom. The van der Waals surface area contributed by atoms with Gasteiger partial charge in [-0.3, -0.25) is 0 Å². The van der Waals surface area contributed by atoms with Crippen LogP contribution in [0.25, 0.3) is 0 Å². The standard InChI is InChI=1S/C11H24N2O2S/c1-10-4-6-11(7-5-10)13(2)16(14,15)9-3-8-12/h10-11H,3-9,12H2,1-2H3. The van der Waals surface area contributed by atoms with Crippen LogP contribution in [0, 0.1) is 5.92 Å². The molecule has 4 nitrogen and oxygen atoms in total. The second-order valence-corrected chi connectivity index (χ2v) is 7.04. The fourth-order valence-electron chi connectivity index (χ4n) is 2.24. The molecule has 0 heterocycles. The smallest absolute Gasteiger partial charge is 0.214 e. The highest BCUT2D eigenvalue weighted by Crippen LogP contribution is 2.27. The van der Waals surface area contributed by atoms with E-state index in [1.807, 2.05) is 0 Å². The predicted octanol–water partition coefficient (Wildman–Crippen LogP) is 1.18. The van der Waals surface area contributed by atoms with Crippen LogP contribution < -0.4 is 5.73 Å². The molecule has 0 atom stereocenters. The summed E-state index contributed by atoms with van der Waals surface area (Å²) in [6, 6.07) is 0.207. The van der Waals surface area contributed by atoms with Crippen LogP contribution >= 0.6 is 0 Å². The molecule has 2 N–H and O–H groups in total. The quantitative estimate of drug-likeness (QED) is 0.794. The van der Waals surface area contributed by atoms with Crippen LogP contribution in [0.15, 0.2) is 0 Å². The van der Waals surface area contributed by atoms with Crippen molar-refractivity contribution in [3.63, 3.8) is 0 Å². The molecule has 1 saturated carbocycles. The zero-order chi connectivity index (χ0) is 12.2. The first-order valence-electron chi connectivity index (χ1n) is 6.13. The molecule has 0 aromatic heterocycles.